The van der Waals surface area contributed by atoms with Crippen molar-refractivity contribution in [3.63, 3.8) is 0 Å². The van der Waals surface area contributed by atoms with Crippen molar-refractivity contribution in [2.24, 2.45) is 0 Å². The number of hydrogen-bond donors (Lipinski definition) is 2. The summed E-state index contributed by atoms with van der Waals surface area (Å²) < 4.78 is 5.60. The maximum Gasteiger partial charge on any atom is 0.186 e. The normalized spacial score (nSPS) is 12.1. The van der Waals surface area contributed by atoms with Crippen molar-refractivity contribution in [3.8, 4) is 5.75 Å². The lowest BCUT2D eigenvalue weighted by Crippen LogP contribution is -2.26. The molecule has 0 fully saturated rings. The van der Waals surface area contributed by atoms with E-state index in [2.05, 4.69) is 10.3 Å². The Labute approximate surface area is 135 Å². The number of aromatic amines is 1. The van der Waals surface area contributed by atoms with Gasteiger partial charge in [0.15, 0.2) is 5.78 Å². The summed E-state index contributed by atoms with van der Waals surface area (Å²) in [7, 11) is 0. The fourth-order valence-corrected chi connectivity index (χ4v) is 2.67. The number of ether oxygens (including phenoxy) is 1. The average molecular weight is 308 g/mol. The molecule has 23 heavy (non-hydrogen) atoms. The number of benzene rings is 2. The van der Waals surface area contributed by atoms with E-state index in [1.54, 1.807) is 6.20 Å². The minimum absolute atomic E-state index is 0.0498. The number of nitrogens with one attached hydrogen (secondary N) is 2. The predicted octanol–water partition coefficient (Wildman–Crippen LogP) is 4.25. The van der Waals surface area contributed by atoms with E-state index < -0.39 is 0 Å². The first kappa shape index (κ1) is 15.2. The Morgan fingerprint density at radius 3 is 2.74 bits per heavy atom. The molecule has 1 atom stereocenters. The molecule has 0 bridgehead atoms. The zero-order chi connectivity index (χ0) is 16.2. The van der Waals surface area contributed by atoms with Crippen molar-refractivity contribution in [3.05, 3.63) is 60.3 Å². The van der Waals surface area contributed by atoms with E-state index >= 15 is 0 Å². The summed E-state index contributed by atoms with van der Waals surface area (Å²) in [6.07, 6.45) is 1.78. The van der Waals surface area contributed by atoms with Gasteiger partial charge in [-0.3, -0.25) is 4.79 Å². The van der Waals surface area contributed by atoms with Crippen LogP contribution in [0.3, 0.4) is 0 Å². The molecule has 4 heteroatoms. The summed E-state index contributed by atoms with van der Waals surface area (Å²) in [6.45, 7) is 4.40. The van der Waals surface area contributed by atoms with Gasteiger partial charge < -0.3 is 15.0 Å². The van der Waals surface area contributed by atoms with E-state index in [1.807, 2.05) is 62.4 Å². The van der Waals surface area contributed by atoms with Crippen LogP contribution in [-0.4, -0.2) is 23.4 Å². The molecule has 1 aromatic heterocycles. The van der Waals surface area contributed by atoms with E-state index in [-0.39, 0.29) is 11.8 Å². The number of para-hydroxylation sites is 3. The second kappa shape index (κ2) is 6.57. The van der Waals surface area contributed by atoms with Crippen molar-refractivity contribution < 1.29 is 9.53 Å². The van der Waals surface area contributed by atoms with Gasteiger partial charge in [0.2, 0.25) is 0 Å². The topological polar surface area (TPSA) is 54.1 Å². The lowest BCUT2D eigenvalue weighted by Gasteiger charge is -2.17. The van der Waals surface area contributed by atoms with Gasteiger partial charge in [-0.05, 0) is 32.0 Å². The number of H-pyrrole nitrogens is 1. The molecule has 2 aromatic carbocycles. The molecular formula is C19H20N2O2. The second-order valence-corrected chi connectivity index (χ2v) is 5.41. The molecule has 1 heterocycles. The highest BCUT2D eigenvalue weighted by Gasteiger charge is 2.19. The van der Waals surface area contributed by atoms with Gasteiger partial charge in [-0.1, -0.05) is 30.3 Å². The molecule has 0 amide bonds. The zero-order valence-corrected chi connectivity index (χ0v) is 13.3. The Hall–Kier alpha value is -2.75. The molecule has 118 valence electrons. The SMILES string of the molecule is CCOc1ccccc1N[C@H](C)C(=O)c1c[nH]c2ccccc12. The van der Waals surface area contributed by atoms with Crippen LogP contribution in [0.2, 0.25) is 0 Å². The Kier molecular flexibility index (Phi) is 4.33. The molecular weight excluding hydrogens is 288 g/mol. The lowest BCUT2D eigenvalue weighted by atomic mass is 10.0. The second-order valence-electron chi connectivity index (χ2n) is 5.41. The molecule has 0 spiro atoms. The van der Waals surface area contributed by atoms with Crippen molar-refractivity contribution >= 4 is 22.4 Å². The third kappa shape index (κ3) is 3.06. The van der Waals surface area contributed by atoms with Crippen molar-refractivity contribution in [1.29, 1.82) is 0 Å². The smallest absolute Gasteiger partial charge is 0.186 e. The number of Topliss-reactive ketones (excluding diaryl/α,β-unsaturated/α-hetero) is 1. The first-order valence-corrected chi connectivity index (χ1v) is 7.79. The van der Waals surface area contributed by atoms with E-state index in [0.29, 0.717) is 12.2 Å². The summed E-state index contributed by atoms with van der Waals surface area (Å²) in [5, 5.41) is 4.21. The van der Waals surface area contributed by atoms with Crippen LogP contribution in [-0.2, 0) is 0 Å². The van der Waals surface area contributed by atoms with Gasteiger partial charge in [0.25, 0.3) is 0 Å². The average Bonchev–Trinajstić information content (AvgIpc) is 3.00. The summed E-state index contributed by atoms with van der Waals surface area (Å²) in [5.74, 6) is 0.808. The van der Waals surface area contributed by atoms with Crippen LogP contribution in [0.1, 0.15) is 24.2 Å². The molecule has 3 rings (SSSR count). The lowest BCUT2D eigenvalue weighted by molar-refractivity contribution is 0.0977. The summed E-state index contributed by atoms with van der Waals surface area (Å²) in [6, 6.07) is 15.1. The van der Waals surface area contributed by atoms with Crippen molar-refractivity contribution in [1.82, 2.24) is 4.98 Å². The summed E-state index contributed by atoms with van der Waals surface area (Å²) in [5.41, 5.74) is 2.50. The largest absolute Gasteiger partial charge is 0.492 e. The van der Waals surface area contributed by atoms with Crippen LogP contribution in [0.5, 0.6) is 5.75 Å². The number of carbonyl (C=O) groups is 1. The molecule has 0 aliphatic carbocycles. The number of hydrogen-bond acceptors (Lipinski definition) is 3. The van der Waals surface area contributed by atoms with Crippen LogP contribution < -0.4 is 10.1 Å². The van der Waals surface area contributed by atoms with Crippen LogP contribution in [0.25, 0.3) is 10.9 Å². The number of anilines is 1. The number of fused-ring (bicyclic) bond motifs is 1. The Balaban J connectivity index is 1.83. The van der Waals surface area contributed by atoms with Gasteiger partial charge in [-0.15, -0.1) is 0 Å². The zero-order valence-electron chi connectivity index (χ0n) is 13.3. The van der Waals surface area contributed by atoms with Crippen LogP contribution in [0.4, 0.5) is 5.69 Å². The molecule has 0 unspecified atom stereocenters. The highest BCUT2D eigenvalue weighted by molar-refractivity contribution is 6.11. The van der Waals surface area contributed by atoms with Gasteiger partial charge in [-0.2, -0.15) is 0 Å². The number of rotatable bonds is 6. The monoisotopic (exact) mass is 308 g/mol. The van der Waals surface area contributed by atoms with Gasteiger partial charge in [0.05, 0.1) is 18.3 Å². The van der Waals surface area contributed by atoms with E-state index in [9.17, 15) is 4.79 Å². The Bertz CT molecular complexity index is 823. The van der Waals surface area contributed by atoms with Crippen molar-refractivity contribution in [2.75, 3.05) is 11.9 Å². The minimum atomic E-state index is -0.351. The van der Waals surface area contributed by atoms with E-state index in [0.717, 1.165) is 22.3 Å². The number of carbonyl (C=O) groups excluding carboxylic acids is 1. The van der Waals surface area contributed by atoms with Gasteiger partial charge in [-0.25, -0.2) is 0 Å². The van der Waals surface area contributed by atoms with Crippen LogP contribution >= 0.6 is 0 Å². The van der Waals surface area contributed by atoms with Gasteiger partial charge >= 0.3 is 0 Å². The Morgan fingerprint density at radius 1 is 1.17 bits per heavy atom. The fraction of sp³-hybridized carbons (Fsp3) is 0.211. The fourth-order valence-electron chi connectivity index (χ4n) is 2.67. The first-order chi connectivity index (χ1) is 11.2. The summed E-state index contributed by atoms with van der Waals surface area (Å²) >= 11 is 0. The van der Waals surface area contributed by atoms with Crippen LogP contribution in [0.15, 0.2) is 54.7 Å². The van der Waals surface area contributed by atoms with Gasteiger partial charge in [0, 0.05) is 22.7 Å². The molecule has 3 aromatic rings. The molecule has 0 saturated heterocycles. The maximum atomic E-state index is 12.8. The quantitative estimate of drug-likeness (QED) is 0.669. The van der Waals surface area contributed by atoms with Crippen LogP contribution in [0, 0.1) is 0 Å². The molecule has 0 aliphatic rings. The van der Waals surface area contributed by atoms with E-state index in [4.69, 9.17) is 4.74 Å². The summed E-state index contributed by atoms with van der Waals surface area (Å²) in [4.78, 5) is 15.9. The van der Waals surface area contributed by atoms with Gasteiger partial charge in [0.1, 0.15) is 5.75 Å². The predicted molar refractivity (Wildman–Crippen MR) is 93.3 cm³/mol. The molecule has 2 N–H and O–H groups in total. The van der Waals surface area contributed by atoms with Crippen molar-refractivity contribution in [2.45, 2.75) is 19.9 Å². The Morgan fingerprint density at radius 2 is 1.91 bits per heavy atom. The highest BCUT2D eigenvalue weighted by atomic mass is 16.5. The molecule has 4 nitrogen and oxygen atoms in total. The molecule has 0 radical (unpaired) electrons. The van der Waals surface area contributed by atoms with E-state index in [1.165, 1.54) is 0 Å². The maximum absolute atomic E-state index is 12.8. The third-order valence-corrected chi connectivity index (χ3v) is 3.81. The molecule has 0 saturated carbocycles. The third-order valence-electron chi connectivity index (χ3n) is 3.81. The first-order valence-electron chi connectivity index (χ1n) is 7.79. The minimum Gasteiger partial charge on any atom is -0.492 e. The number of aromatic nitrogens is 1. The standard InChI is InChI=1S/C19H20N2O2/c1-3-23-18-11-7-6-10-17(18)21-13(2)19(22)15-12-20-16-9-5-4-8-14(15)16/h4-13,20-21H,3H2,1-2H3/t13-/m1/s1. The highest BCUT2D eigenvalue weighted by Crippen LogP contribution is 2.26. The number of ketones is 1. The molecule has 0 aliphatic heterocycles.